The van der Waals surface area contributed by atoms with E-state index >= 15 is 0 Å². The van der Waals surface area contributed by atoms with Crippen molar-refractivity contribution in [3.63, 3.8) is 0 Å². The number of nitrogens with one attached hydrogen (secondary N) is 1. The highest BCUT2D eigenvalue weighted by atomic mass is 16.3. The van der Waals surface area contributed by atoms with Crippen LogP contribution in [0.1, 0.15) is 37.7 Å². The van der Waals surface area contributed by atoms with Crippen LogP contribution in [-0.2, 0) is 11.2 Å². The van der Waals surface area contributed by atoms with Crippen molar-refractivity contribution in [2.24, 2.45) is 0 Å². The van der Waals surface area contributed by atoms with Crippen molar-refractivity contribution in [1.29, 1.82) is 0 Å². The maximum Gasteiger partial charge on any atom is 0.220 e. The molecule has 20 heavy (non-hydrogen) atoms. The van der Waals surface area contributed by atoms with E-state index in [4.69, 9.17) is 0 Å². The molecule has 3 atom stereocenters. The molecule has 0 spiro atoms. The van der Waals surface area contributed by atoms with Crippen LogP contribution in [0.25, 0.3) is 0 Å². The van der Waals surface area contributed by atoms with E-state index < -0.39 is 12.2 Å². The van der Waals surface area contributed by atoms with E-state index in [-0.39, 0.29) is 11.9 Å². The van der Waals surface area contributed by atoms with Crippen LogP contribution in [0.2, 0.25) is 0 Å². The molecule has 5 heteroatoms. The molecule has 0 unspecified atom stereocenters. The summed E-state index contributed by atoms with van der Waals surface area (Å²) in [6.07, 6.45) is 5.98. The summed E-state index contributed by atoms with van der Waals surface area (Å²) < 4.78 is 0. The number of aliphatic hydroxyl groups is 2. The molecule has 1 aliphatic rings. The Morgan fingerprint density at radius 1 is 1.35 bits per heavy atom. The van der Waals surface area contributed by atoms with Gasteiger partial charge in [-0.15, -0.1) is 0 Å². The summed E-state index contributed by atoms with van der Waals surface area (Å²) in [5, 5.41) is 22.6. The van der Waals surface area contributed by atoms with Gasteiger partial charge in [0.05, 0.1) is 18.2 Å². The molecule has 5 nitrogen and oxygen atoms in total. The van der Waals surface area contributed by atoms with E-state index in [1.54, 1.807) is 12.4 Å². The first-order valence-corrected chi connectivity index (χ1v) is 7.21. The van der Waals surface area contributed by atoms with Crippen LogP contribution in [0.15, 0.2) is 24.5 Å². The van der Waals surface area contributed by atoms with Gasteiger partial charge in [0.1, 0.15) is 0 Å². The van der Waals surface area contributed by atoms with Crippen LogP contribution < -0.4 is 5.32 Å². The molecular formula is C15H22N2O3. The maximum atomic E-state index is 11.9. The second-order valence-electron chi connectivity index (χ2n) is 5.38. The average Bonchev–Trinajstić information content (AvgIpc) is 2.62. The van der Waals surface area contributed by atoms with Crippen LogP contribution in [0.5, 0.6) is 0 Å². The number of hydrogen-bond acceptors (Lipinski definition) is 4. The molecule has 1 aliphatic carbocycles. The molecule has 2 rings (SSSR count). The van der Waals surface area contributed by atoms with Crippen molar-refractivity contribution in [2.75, 3.05) is 0 Å². The predicted octanol–water partition coefficient (Wildman–Crippen LogP) is 0.795. The largest absolute Gasteiger partial charge is 0.390 e. The number of rotatable bonds is 4. The third-order valence-electron chi connectivity index (χ3n) is 3.78. The van der Waals surface area contributed by atoms with Crippen molar-refractivity contribution in [3.05, 3.63) is 30.1 Å². The minimum atomic E-state index is -0.861. The standard InChI is InChI=1S/C15H22N2O3/c18-13-6-2-1-5-12(15(13)20)17-14(19)8-7-11-4-3-9-16-10-11/h3-4,9-10,12-13,15,18,20H,1-2,5-8H2,(H,17,19)/t12-,13-,15-/m1/s1. The van der Waals surface area contributed by atoms with E-state index in [9.17, 15) is 15.0 Å². The maximum absolute atomic E-state index is 11.9. The molecule has 110 valence electrons. The highest BCUT2D eigenvalue weighted by Crippen LogP contribution is 2.19. The van der Waals surface area contributed by atoms with Gasteiger partial charge in [-0.3, -0.25) is 9.78 Å². The number of nitrogens with zero attached hydrogens (tertiary/aromatic N) is 1. The van der Waals surface area contributed by atoms with Gasteiger partial charge in [0.15, 0.2) is 0 Å². The fourth-order valence-corrected chi connectivity index (χ4v) is 2.57. The monoisotopic (exact) mass is 278 g/mol. The van der Waals surface area contributed by atoms with Gasteiger partial charge >= 0.3 is 0 Å². The first-order chi connectivity index (χ1) is 9.66. The van der Waals surface area contributed by atoms with Gasteiger partial charge < -0.3 is 15.5 Å². The Bertz CT molecular complexity index is 424. The Morgan fingerprint density at radius 3 is 2.90 bits per heavy atom. The topological polar surface area (TPSA) is 82.5 Å². The summed E-state index contributed by atoms with van der Waals surface area (Å²) in [5.74, 6) is -0.0907. The Labute approximate surface area is 119 Å². The number of carbonyl (C=O) groups is 1. The third-order valence-corrected chi connectivity index (χ3v) is 3.78. The van der Waals surface area contributed by atoms with Crippen LogP contribution in [0.4, 0.5) is 0 Å². The highest BCUT2D eigenvalue weighted by Gasteiger charge is 2.29. The predicted molar refractivity (Wildman–Crippen MR) is 75.0 cm³/mol. The molecule has 1 amide bonds. The summed E-state index contributed by atoms with van der Waals surface area (Å²) in [6.45, 7) is 0. The lowest BCUT2D eigenvalue weighted by molar-refractivity contribution is -0.123. The molecule has 1 fully saturated rings. The van der Waals surface area contributed by atoms with E-state index in [0.717, 1.165) is 24.8 Å². The first-order valence-electron chi connectivity index (χ1n) is 7.21. The fourth-order valence-electron chi connectivity index (χ4n) is 2.57. The van der Waals surface area contributed by atoms with Gasteiger partial charge in [-0.05, 0) is 30.9 Å². The number of aryl methyl sites for hydroxylation is 1. The number of carbonyl (C=O) groups excluding carboxylic acids is 1. The Hall–Kier alpha value is -1.46. The molecule has 0 aliphatic heterocycles. The molecule has 1 aromatic rings. The molecule has 1 aromatic heterocycles. The molecule has 1 saturated carbocycles. The zero-order valence-electron chi connectivity index (χ0n) is 11.5. The molecule has 0 aromatic carbocycles. The Balaban J connectivity index is 1.81. The zero-order valence-corrected chi connectivity index (χ0v) is 11.5. The lowest BCUT2D eigenvalue weighted by atomic mass is 10.0. The first kappa shape index (κ1) is 14.9. The van der Waals surface area contributed by atoms with Crippen molar-refractivity contribution in [2.45, 2.75) is 56.8 Å². The van der Waals surface area contributed by atoms with Gasteiger partial charge in [-0.2, -0.15) is 0 Å². The smallest absolute Gasteiger partial charge is 0.220 e. The lowest BCUT2D eigenvalue weighted by Gasteiger charge is -2.24. The quantitative estimate of drug-likeness (QED) is 0.711. The molecule has 3 N–H and O–H groups in total. The molecule has 0 radical (unpaired) electrons. The lowest BCUT2D eigenvalue weighted by Crippen LogP contribution is -2.47. The molecule has 1 heterocycles. The van der Waals surface area contributed by atoms with Gasteiger partial charge in [0, 0.05) is 18.8 Å². The molecular weight excluding hydrogens is 256 g/mol. The second kappa shape index (κ2) is 7.36. The van der Waals surface area contributed by atoms with Gasteiger partial charge in [0.25, 0.3) is 0 Å². The number of pyridine rings is 1. The number of aromatic nitrogens is 1. The minimum absolute atomic E-state index is 0.0907. The van der Waals surface area contributed by atoms with Gasteiger partial charge in [0.2, 0.25) is 5.91 Å². The Morgan fingerprint density at radius 2 is 2.15 bits per heavy atom. The van der Waals surface area contributed by atoms with Crippen LogP contribution in [0.3, 0.4) is 0 Å². The van der Waals surface area contributed by atoms with Crippen LogP contribution in [0, 0.1) is 0 Å². The summed E-state index contributed by atoms with van der Waals surface area (Å²) in [7, 11) is 0. The average molecular weight is 278 g/mol. The highest BCUT2D eigenvalue weighted by molar-refractivity contribution is 5.76. The molecule has 0 bridgehead atoms. The van der Waals surface area contributed by atoms with Crippen LogP contribution >= 0.6 is 0 Å². The number of amides is 1. The summed E-state index contributed by atoms with van der Waals surface area (Å²) >= 11 is 0. The van der Waals surface area contributed by atoms with E-state index in [1.807, 2.05) is 12.1 Å². The third kappa shape index (κ3) is 4.28. The fraction of sp³-hybridized carbons (Fsp3) is 0.600. The van der Waals surface area contributed by atoms with Crippen molar-refractivity contribution in [1.82, 2.24) is 10.3 Å². The molecule has 0 saturated heterocycles. The van der Waals surface area contributed by atoms with Gasteiger partial charge in [-0.25, -0.2) is 0 Å². The summed E-state index contributed by atoms with van der Waals surface area (Å²) in [6, 6.07) is 3.44. The van der Waals surface area contributed by atoms with Crippen LogP contribution in [-0.4, -0.2) is 39.4 Å². The SMILES string of the molecule is O=C(CCc1cccnc1)N[C@@H]1CCCC[C@@H](O)[C@@H]1O. The summed E-state index contributed by atoms with van der Waals surface area (Å²) in [4.78, 5) is 15.9. The number of hydrogen-bond donors (Lipinski definition) is 3. The van der Waals surface area contributed by atoms with E-state index in [1.165, 1.54) is 0 Å². The van der Waals surface area contributed by atoms with Gasteiger partial charge in [-0.1, -0.05) is 18.9 Å². The van der Waals surface area contributed by atoms with Crippen molar-refractivity contribution >= 4 is 5.91 Å². The number of aliphatic hydroxyl groups excluding tert-OH is 2. The van der Waals surface area contributed by atoms with E-state index in [0.29, 0.717) is 19.3 Å². The van der Waals surface area contributed by atoms with Crippen molar-refractivity contribution in [3.8, 4) is 0 Å². The zero-order chi connectivity index (χ0) is 14.4. The normalized spacial score (nSPS) is 26.8. The van der Waals surface area contributed by atoms with E-state index in [2.05, 4.69) is 10.3 Å². The second-order valence-corrected chi connectivity index (χ2v) is 5.38. The minimum Gasteiger partial charge on any atom is -0.390 e. The van der Waals surface area contributed by atoms with Crippen molar-refractivity contribution < 1.29 is 15.0 Å². The summed E-state index contributed by atoms with van der Waals surface area (Å²) in [5.41, 5.74) is 1.02. The Kier molecular flexibility index (Phi) is 5.49.